The topological polar surface area (TPSA) is 42.0 Å². The summed E-state index contributed by atoms with van der Waals surface area (Å²) >= 11 is 2.25. The van der Waals surface area contributed by atoms with Crippen LogP contribution in [0.5, 0.6) is 11.5 Å². The molecule has 2 aromatic rings. The van der Waals surface area contributed by atoms with Crippen LogP contribution in [0.2, 0.25) is 0 Å². The van der Waals surface area contributed by atoms with E-state index in [9.17, 15) is 4.79 Å². The van der Waals surface area contributed by atoms with Gasteiger partial charge in [0.1, 0.15) is 0 Å². The first-order valence-electron chi connectivity index (χ1n) is 8.59. The molecule has 1 fully saturated rings. The lowest BCUT2D eigenvalue weighted by Crippen LogP contribution is -2.48. The highest BCUT2D eigenvalue weighted by Gasteiger charge is 2.22. The van der Waals surface area contributed by atoms with E-state index < -0.39 is 0 Å². The molecule has 3 rings (SSSR count). The van der Waals surface area contributed by atoms with Gasteiger partial charge in [-0.05, 0) is 64.6 Å². The van der Waals surface area contributed by atoms with E-state index in [2.05, 4.69) is 33.6 Å². The van der Waals surface area contributed by atoms with E-state index >= 15 is 0 Å². The van der Waals surface area contributed by atoms with Crippen molar-refractivity contribution >= 4 is 28.5 Å². The van der Waals surface area contributed by atoms with Crippen LogP contribution >= 0.6 is 22.6 Å². The molecular weight excluding hydrogens is 443 g/mol. The van der Waals surface area contributed by atoms with Gasteiger partial charge in [-0.15, -0.1) is 0 Å². The second-order valence-corrected chi connectivity index (χ2v) is 7.51. The number of ether oxygens (including phenoxy) is 2. The van der Waals surface area contributed by atoms with E-state index in [4.69, 9.17) is 9.47 Å². The van der Waals surface area contributed by atoms with E-state index in [1.807, 2.05) is 41.3 Å². The van der Waals surface area contributed by atoms with Crippen LogP contribution in [-0.2, 0) is 6.54 Å². The van der Waals surface area contributed by atoms with Crippen molar-refractivity contribution in [1.29, 1.82) is 0 Å². The minimum atomic E-state index is 0.118. The highest BCUT2D eigenvalue weighted by Crippen LogP contribution is 2.28. The van der Waals surface area contributed by atoms with E-state index in [1.54, 1.807) is 14.2 Å². The number of carbonyl (C=O) groups excluding carboxylic acids is 1. The molecule has 26 heavy (non-hydrogen) atoms. The monoisotopic (exact) mass is 466 g/mol. The molecule has 0 radical (unpaired) electrons. The Hall–Kier alpha value is -1.80. The largest absolute Gasteiger partial charge is 0.493 e. The summed E-state index contributed by atoms with van der Waals surface area (Å²) in [6, 6.07) is 13.8. The van der Waals surface area contributed by atoms with E-state index in [1.165, 1.54) is 5.56 Å². The molecule has 1 saturated heterocycles. The van der Waals surface area contributed by atoms with Crippen LogP contribution in [0, 0.1) is 3.57 Å². The van der Waals surface area contributed by atoms with Crippen LogP contribution in [0.15, 0.2) is 42.5 Å². The zero-order valence-electron chi connectivity index (χ0n) is 15.1. The van der Waals surface area contributed by atoms with Gasteiger partial charge >= 0.3 is 0 Å². The third kappa shape index (κ3) is 4.48. The molecule has 2 aromatic carbocycles. The molecule has 0 bridgehead atoms. The molecule has 0 atom stereocenters. The van der Waals surface area contributed by atoms with Crippen LogP contribution in [0.4, 0.5) is 0 Å². The minimum absolute atomic E-state index is 0.118. The molecule has 1 amide bonds. The van der Waals surface area contributed by atoms with Crippen molar-refractivity contribution in [3.8, 4) is 11.5 Å². The van der Waals surface area contributed by atoms with Crippen molar-refractivity contribution in [2.75, 3.05) is 40.4 Å². The number of hydrogen-bond acceptors (Lipinski definition) is 4. The third-order valence-electron chi connectivity index (χ3n) is 4.60. The average Bonchev–Trinajstić information content (AvgIpc) is 2.68. The lowest BCUT2D eigenvalue weighted by Gasteiger charge is -2.34. The summed E-state index contributed by atoms with van der Waals surface area (Å²) in [5.41, 5.74) is 1.94. The predicted octanol–water partition coefficient (Wildman–Crippen LogP) is 3.27. The zero-order valence-corrected chi connectivity index (χ0v) is 17.2. The number of amides is 1. The first-order chi connectivity index (χ1) is 12.6. The average molecular weight is 466 g/mol. The molecule has 138 valence electrons. The lowest BCUT2D eigenvalue weighted by molar-refractivity contribution is 0.0628. The number of carbonyl (C=O) groups is 1. The van der Waals surface area contributed by atoms with Crippen LogP contribution < -0.4 is 9.47 Å². The molecule has 0 spiro atoms. The van der Waals surface area contributed by atoms with Crippen molar-refractivity contribution < 1.29 is 14.3 Å². The summed E-state index contributed by atoms with van der Waals surface area (Å²) in [5, 5.41) is 0. The Bertz CT molecular complexity index is 756. The Morgan fingerprint density at radius 1 is 0.962 bits per heavy atom. The van der Waals surface area contributed by atoms with Gasteiger partial charge in [0.15, 0.2) is 11.5 Å². The Morgan fingerprint density at radius 3 is 2.23 bits per heavy atom. The van der Waals surface area contributed by atoms with Gasteiger partial charge in [0.05, 0.1) is 14.2 Å². The summed E-state index contributed by atoms with van der Waals surface area (Å²) in [7, 11) is 3.29. The van der Waals surface area contributed by atoms with E-state index in [0.717, 1.165) is 53.4 Å². The van der Waals surface area contributed by atoms with Gasteiger partial charge in [0.25, 0.3) is 5.91 Å². The lowest BCUT2D eigenvalue weighted by atomic mass is 10.1. The zero-order chi connectivity index (χ0) is 18.5. The van der Waals surface area contributed by atoms with Crippen LogP contribution in [0.3, 0.4) is 0 Å². The van der Waals surface area contributed by atoms with Crippen LogP contribution in [-0.4, -0.2) is 56.1 Å². The fourth-order valence-electron chi connectivity index (χ4n) is 3.12. The van der Waals surface area contributed by atoms with Crippen molar-refractivity contribution in [2.24, 2.45) is 0 Å². The van der Waals surface area contributed by atoms with Gasteiger partial charge < -0.3 is 14.4 Å². The molecule has 0 saturated carbocycles. The number of nitrogens with zero attached hydrogens (tertiary/aromatic N) is 2. The van der Waals surface area contributed by atoms with Gasteiger partial charge in [-0.3, -0.25) is 9.69 Å². The second-order valence-electron chi connectivity index (χ2n) is 6.26. The van der Waals surface area contributed by atoms with Crippen molar-refractivity contribution in [1.82, 2.24) is 9.80 Å². The Kier molecular flexibility index (Phi) is 6.37. The Balaban J connectivity index is 1.57. The van der Waals surface area contributed by atoms with Crippen LogP contribution in [0.1, 0.15) is 15.9 Å². The molecule has 1 aliphatic rings. The van der Waals surface area contributed by atoms with Crippen molar-refractivity contribution in [3.05, 3.63) is 57.2 Å². The molecule has 1 heterocycles. The summed E-state index contributed by atoms with van der Waals surface area (Å²) in [5.74, 6) is 1.61. The number of rotatable bonds is 5. The fourth-order valence-corrected chi connectivity index (χ4v) is 3.48. The molecule has 5 nitrogen and oxygen atoms in total. The first kappa shape index (κ1) is 19.0. The maximum absolute atomic E-state index is 12.6. The number of halogens is 1. The van der Waals surface area contributed by atoms with Gasteiger partial charge in [0, 0.05) is 41.9 Å². The highest BCUT2D eigenvalue weighted by molar-refractivity contribution is 14.1. The molecule has 0 N–H and O–H groups in total. The normalized spacial score (nSPS) is 15.0. The molecule has 6 heteroatoms. The number of methoxy groups -OCH3 is 2. The second kappa shape index (κ2) is 8.73. The Labute approximate surface area is 168 Å². The molecule has 0 aromatic heterocycles. The third-order valence-corrected chi connectivity index (χ3v) is 5.32. The smallest absolute Gasteiger partial charge is 0.253 e. The molecule has 0 aliphatic carbocycles. The molecular formula is C20H23IN2O3. The van der Waals surface area contributed by atoms with Gasteiger partial charge in [0.2, 0.25) is 0 Å². The fraction of sp³-hybridized carbons (Fsp3) is 0.350. The number of benzene rings is 2. The standard InChI is InChI=1S/C20H23IN2O3/c1-25-18-8-3-15(13-19(18)26-2)14-22-9-11-23(12-10-22)20(24)16-4-6-17(21)7-5-16/h3-8,13H,9-12,14H2,1-2H3. The van der Waals surface area contributed by atoms with Crippen molar-refractivity contribution in [2.45, 2.75) is 6.54 Å². The van der Waals surface area contributed by atoms with Gasteiger partial charge in [-0.1, -0.05) is 6.07 Å². The van der Waals surface area contributed by atoms with Gasteiger partial charge in [-0.2, -0.15) is 0 Å². The minimum Gasteiger partial charge on any atom is -0.493 e. The summed E-state index contributed by atoms with van der Waals surface area (Å²) in [6.07, 6.45) is 0. The maximum atomic E-state index is 12.6. The summed E-state index contributed by atoms with van der Waals surface area (Å²) in [4.78, 5) is 16.9. The quantitative estimate of drug-likeness (QED) is 0.635. The van der Waals surface area contributed by atoms with E-state index in [-0.39, 0.29) is 5.91 Å². The number of hydrogen-bond donors (Lipinski definition) is 0. The molecule has 1 aliphatic heterocycles. The molecule has 0 unspecified atom stereocenters. The maximum Gasteiger partial charge on any atom is 0.253 e. The Morgan fingerprint density at radius 2 is 1.62 bits per heavy atom. The van der Waals surface area contributed by atoms with Crippen LogP contribution in [0.25, 0.3) is 0 Å². The van der Waals surface area contributed by atoms with Crippen molar-refractivity contribution in [3.63, 3.8) is 0 Å². The summed E-state index contributed by atoms with van der Waals surface area (Å²) < 4.78 is 11.8. The highest BCUT2D eigenvalue weighted by atomic mass is 127. The van der Waals surface area contributed by atoms with Gasteiger partial charge in [-0.25, -0.2) is 0 Å². The first-order valence-corrected chi connectivity index (χ1v) is 9.66. The van der Waals surface area contributed by atoms with E-state index in [0.29, 0.717) is 0 Å². The predicted molar refractivity (Wildman–Crippen MR) is 110 cm³/mol. The SMILES string of the molecule is COc1ccc(CN2CCN(C(=O)c3ccc(I)cc3)CC2)cc1OC. The summed E-state index contributed by atoms with van der Waals surface area (Å²) in [6.45, 7) is 4.07. The number of piperazine rings is 1.